The molecule has 0 radical (unpaired) electrons. The topological polar surface area (TPSA) is 58.6 Å². The number of hydrogen-bond donors (Lipinski definition) is 1. The molecule has 1 aliphatic heterocycles. The van der Waals surface area contributed by atoms with Crippen LogP contribution in [-0.4, -0.2) is 21.1 Å². The zero-order chi connectivity index (χ0) is 25.1. The SMILES string of the molecule is Cc1ccc(C(=O)NN2C(=O)/C(=C\c3ccc(OCc4cc(C)c(C)cc4C)cc3)SC2=S)cc1. The fraction of sp³-hybridized carbons (Fsp3) is 0.179. The van der Waals surface area contributed by atoms with Crippen LogP contribution in [0.15, 0.2) is 65.6 Å². The largest absolute Gasteiger partial charge is 0.489 e. The average Bonchev–Trinajstić information content (AvgIpc) is 3.09. The molecule has 3 aromatic rings. The summed E-state index contributed by atoms with van der Waals surface area (Å²) in [6.07, 6.45) is 1.76. The molecular weight excluding hydrogens is 476 g/mol. The first-order valence-electron chi connectivity index (χ1n) is 11.2. The molecule has 0 spiro atoms. The first-order chi connectivity index (χ1) is 16.7. The van der Waals surface area contributed by atoms with Gasteiger partial charge in [0.25, 0.3) is 11.8 Å². The Morgan fingerprint density at radius 1 is 0.971 bits per heavy atom. The highest BCUT2D eigenvalue weighted by Gasteiger charge is 2.33. The van der Waals surface area contributed by atoms with Crippen LogP contribution in [0.3, 0.4) is 0 Å². The molecule has 1 fully saturated rings. The van der Waals surface area contributed by atoms with Gasteiger partial charge in [-0.05, 0) is 98.1 Å². The normalized spacial score (nSPS) is 14.5. The Balaban J connectivity index is 1.40. The summed E-state index contributed by atoms with van der Waals surface area (Å²) in [4.78, 5) is 25.8. The summed E-state index contributed by atoms with van der Waals surface area (Å²) in [5, 5.41) is 1.12. The van der Waals surface area contributed by atoms with Crippen molar-refractivity contribution in [3.63, 3.8) is 0 Å². The van der Waals surface area contributed by atoms with Crippen molar-refractivity contribution in [2.24, 2.45) is 0 Å². The van der Waals surface area contributed by atoms with Gasteiger partial charge < -0.3 is 4.74 Å². The van der Waals surface area contributed by atoms with Crippen LogP contribution in [0.4, 0.5) is 0 Å². The fourth-order valence-electron chi connectivity index (χ4n) is 3.58. The molecule has 0 unspecified atom stereocenters. The molecule has 178 valence electrons. The predicted octanol–water partition coefficient (Wildman–Crippen LogP) is 6.05. The fourth-order valence-corrected chi connectivity index (χ4v) is 4.76. The standard InChI is InChI=1S/C28H26N2O3S2/c1-17-5-9-22(10-6-17)26(31)29-30-27(32)25(35-28(30)34)15-21-7-11-24(12-8-21)33-16-23-14-19(3)18(2)13-20(23)4/h5-15H,16H2,1-4H3,(H,29,31)/b25-15+. The second-order valence-electron chi connectivity index (χ2n) is 8.54. The molecule has 0 aliphatic carbocycles. The lowest BCUT2D eigenvalue weighted by atomic mass is 10.0. The van der Waals surface area contributed by atoms with E-state index in [1.165, 1.54) is 16.7 Å². The number of rotatable bonds is 6. The monoisotopic (exact) mass is 502 g/mol. The number of nitrogens with one attached hydrogen (secondary N) is 1. The van der Waals surface area contributed by atoms with Crippen LogP contribution in [0.1, 0.15) is 43.7 Å². The van der Waals surface area contributed by atoms with Gasteiger partial charge >= 0.3 is 0 Å². The van der Waals surface area contributed by atoms with E-state index in [4.69, 9.17) is 17.0 Å². The summed E-state index contributed by atoms with van der Waals surface area (Å²) in [5.74, 6) is 0.00625. The Morgan fingerprint density at radius 2 is 1.63 bits per heavy atom. The molecule has 1 saturated heterocycles. The maximum absolute atomic E-state index is 12.9. The number of hydrazine groups is 1. The molecule has 5 nitrogen and oxygen atoms in total. The summed E-state index contributed by atoms with van der Waals surface area (Å²) < 4.78 is 6.25. The van der Waals surface area contributed by atoms with Crippen LogP contribution in [-0.2, 0) is 11.4 Å². The lowest BCUT2D eigenvalue weighted by Crippen LogP contribution is -2.44. The predicted molar refractivity (Wildman–Crippen MR) is 145 cm³/mol. The third kappa shape index (κ3) is 5.81. The van der Waals surface area contributed by atoms with Gasteiger partial charge in [-0.3, -0.25) is 15.0 Å². The Bertz CT molecular complexity index is 1330. The number of carbonyl (C=O) groups is 2. The third-order valence-electron chi connectivity index (χ3n) is 5.85. The van der Waals surface area contributed by atoms with Gasteiger partial charge in [0, 0.05) is 5.56 Å². The molecule has 4 rings (SSSR count). The van der Waals surface area contributed by atoms with Gasteiger partial charge in [0.2, 0.25) is 0 Å². The first kappa shape index (κ1) is 24.7. The highest BCUT2D eigenvalue weighted by atomic mass is 32.2. The Hall–Kier alpha value is -3.42. The van der Waals surface area contributed by atoms with Crippen LogP contribution < -0.4 is 10.2 Å². The highest BCUT2D eigenvalue weighted by molar-refractivity contribution is 8.26. The number of amides is 2. The third-order valence-corrected chi connectivity index (χ3v) is 7.15. The van der Waals surface area contributed by atoms with Crippen LogP contribution in [0.2, 0.25) is 0 Å². The number of benzene rings is 3. The zero-order valence-electron chi connectivity index (χ0n) is 20.0. The van der Waals surface area contributed by atoms with Crippen molar-refractivity contribution >= 4 is 46.2 Å². The van der Waals surface area contributed by atoms with Crippen LogP contribution in [0.5, 0.6) is 5.75 Å². The number of hydrogen-bond acceptors (Lipinski definition) is 5. The van der Waals surface area contributed by atoms with Crippen LogP contribution >= 0.6 is 24.0 Å². The van der Waals surface area contributed by atoms with Gasteiger partial charge in [-0.25, -0.2) is 0 Å². The minimum atomic E-state index is -0.386. The molecule has 1 aliphatic rings. The van der Waals surface area contributed by atoms with Gasteiger partial charge in [0.05, 0.1) is 4.91 Å². The van der Waals surface area contributed by atoms with E-state index in [9.17, 15) is 9.59 Å². The van der Waals surface area contributed by atoms with E-state index in [2.05, 4.69) is 38.3 Å². The molecule has 0 aromatic heterocycles. The molecule has 0 saturated carbocycles. The molecule has 7 heteroatoms. The maximum atomic E-state index is 12.9. The number of aryl methyl sites for hydroxylation is 4. The second kappa shape index (κ2) is 10.5. The molecule has 2 amide bonds. The molecule has 35 heavy (non-hydrogen) atoms. The number of nitrogens with zero attached hydrogens (tertiary/aromatic N) is 1. The summed E-state index contributed by atoms with van der Waals surface area (Å²) in [7, 11) is 0. The number of thiocarbonyl (C=S) groups is 1. The van der Waals surface area contributed by atoms with Crippen molar-refractivity contribution in [2.45, 2.75) is 34.3 Å². The van der Waals surface area contributed by atoms with E-state index in [0.717, 1.165) is 39.2 Å². The van der Waals surface area contributed by atoms with Crippen LogP contribution in [0.25, 0.3) is 6.08 Å². The first-order valence-corrected chi connectivity index (χ1v) is 12.4. The Morgan fingerprint density at radius 3 is 2.31 bits per heavy atom. The van der Waals surface area contributed by atoms with E-state index in [1.54, 1.807) is 18.2 Å². The molecule has 0 atom stereocenters. The molecule has 0 bridgehead atoms. The maximum Gasteiger partial charge on any atom is 0.285 e. The average molecular weight is 503 g/mol. The van der Waals surface area contributed by atoms with Gasteiger partial charge in [-0.2, -0.15) is 5.01 Å². The Kier molecular flexibility index (Phi) is 7.38. The summed E-state index contributed by atoms with van der Waals surface area (Å²) in [6.45, 7) is 8.74. The lowest BCUT2D eigenvalue weighted by molar-refractivity contribution is -0.123. The number of ether oxygens (including phenoxy) is 1. The van der Waals surface area contributed by atoms with E-state index in [-0.39, 0.29) is 16.1 Å². The van der Waals surface area contributed by atoms with Gasteiger partial charge in [0.1, 0.15) is 12.4 Å². The minimum absolute atomic E-state index is 0.283. The van der Waals surface area contributed by atoms with Gasteiger partial charge in [0.15, 0.2) is 4.32 Å². The quantitative estimate of drug-likeness (QED) is 0.329. The van der Waals surface area contributed by atoms with E-state index in [0.29, 0.717) is 17.1 Å². The molecule has 3 aromatic carbocycles. The molecular formula is C28H26N2O3S2. The van der Waals surface area contributed by atoms with Crippen molar-refractivity contribution in [3.8, 4) is 5.75 Å². The smallest absolute Gasteiger partial charge is 0.285 e. The van der Waals surface area contributed by atoms with Crippen molar-refractivity contribution in [1.29, 1.82) is 0 Å². The summed E-state index contributed by atoms with van der Waals surface area (Å²) in [6, 6.07) is 19.0. The van der Waals surface area contributed by atoms with Crippen LogP contribution in [0, 0.1) is 27.7 Å². The van der Waals surface area contributed by atoms with Crippen molar-refractivity contribution < 1.29 is 14.3 Å². The van der Waals surface area contributed by atoms with Gasteiger partial charge in [-0.15, -0.1) is 0 Å². The van der Waals surface area contributed by atoms with E-state index < -0.39 is 0 Å². The van der Waals surface area contributed by atoms with E-state index in [1.807, 2.05) is 43.3 Å². The molecule has 1 heterocycles. The van der Waals surface area contributed by atoms with Crippen molar-refractivity contribution in [3.05, 3.63) is 105 Å². The lowest BCUT2D eigenvalue weighted by Gasteiger charge is -2.15. The zero-order valence-corrected chi connectivity index (χ0v) is 21.7. The summed E-state index contributed by atoms with van der Waals surface area (Å²) in [5.41, 5.74) is 9.84. The second-order valence-corrected chi connectivity index (χ2v) is 10.2. The van der Waals surface area contributed by atoms with E-state index >= 15 is 0 Å². The highest BCUT2D eigenvalue weighted by Crippen LogP contribution is 2.32. The number of carbonyl (C=O) groups excluding carboxylic acids is 2. The van der Waals surface area contributed by atoms with Gasteiger partial charge in [-0.1, -0.05) is 53.7 Å². The number of thioether (sulfide) groups is 1. The minimum Gasteiger partial charge on any atom is -0.489 e. The Labute approximate surface area is 215 Å². The summed E-state index contributed by atoms with van der Waals surface area (Å²) >= 11 is 6.48. The molecule has 1 N–H and O–H groups in total. The van der Waals surface area contributed by atoms with Crippen molar-refractivity contribution in [1.82, 2.24) is 10.4 Å². The van der Waals surface area contributed by atoms with Crippen molar-refractivity contribution in [2.75, 3.05) is 0 Å².